The highest BCUT2D eigenvalue weighted by Crippen LogP contribution is 2.46. The van der Waals surface area contributed by atoms with Crippen molar-refractivity contribution in [3.63, 3.8) is 0 Å². The molecule has 0 fully saturated rings. The van der Waals surface area contributed by atoms with E-state index in [1.54, 1.807) is 5.57 Å². The molecule has 1 rings (SSSR count). The average molecular weight is 237 g/mol. The summed E-state index contributed by atoms with van der Waals surface area (Å²) < 4.78 is 0. The maximum absolute atomic E-state index is 2.56. The molecule has 0 aromatic rings. The van der Waals surface area contributed by atoms with E-state index in [0.29, 0.717) is 16.4 Å². The molecule has 0 saturated carbocycles. The molecule has 0 bridgehead atoms. The molecule has 0 radical (unpaired) electrons. The summed E-state index contributed by atoms with van der Waals surface area (Å²) in [6, 6.07) is 0. The molecule has 1 heterocycles. The van der Waals surface area contributed by atoms with Crippen LogP contribution in [0.2, 0.25) is 0 Å². The van der Waals surface area contributed by atoms with Gasteiger partial charge in [-0.15, -0.1) is 0 Å². The van der Waals surface area contributed by atoms with Crippen molar-refractivity contribution in [1.82, 2.24) is 4.90 Å². The van der Waals surface area contributed by atoms with E-state index in [9.17, 15) is 0 Å². The number of rotatable bonds is 1. The summed E-state index contributed by atoms with van der Waals surface area (Å²) in [5, 5.41) is 0. The molecular weight excluding hydrogens is 206 g/mol. The van der Waals surface area contributed by atoms with Gasteiger partial charge in [-0.2, -0.15) is 0 Å². The average Bonchev–Trinajstić information content (AvgIpc) is 2.15. The minimum Gasteiger partial charge on any atom is -0.295 e. The number of nitrogens with zero attached hydrogens (tertiary/aromatic N) is 1. The molecule has 1 aliphatic heterocycles. The van der Waals surface area contributed by atoms with E-state index in [0.717, 1.165) is 6.54 Å². The maximum Gasteiger partial charge on any atom is 0.0171 e. The molecule has 0 saturated heterocycles. The Morgan fingerprint density at radius 1 is 0.941 bits per heavy atom. The van der Waals surface area contributed by atoms with Gasteiger partial charge < -0.3 is 0 Å². The van der Waals surface area contributed by atoms with E-state index >= 15 is 0 Å². The van der Waals surface area contributed by atoms with Crippen LogP contribution in [0.4, 0.5) is 0 Å². The van der Waals surface area contributed by atoms with E-state index in [2.05, 4.69) is 66.4 Å². The molecule has 0 N–H and O–H groups in total. The van der Waals surface area contributed by atoms with E-state index in [-0.39, 0.29) is 0 Å². The second kappa shape index (κ2) is 4.42. The zero-order chi connectivity index (χ0) is 13.5. The van der Waals surface area contributed by atoms with Crippen LogP contribution in [0.1, 0.15) is 61.8 Å². The zero-order valence-corrected chi connectivity index (χ0v) is 13.1. The third-order valence-corrected chi connectivity index (χ3v) is 4.84. The SMILES string of the molecule is CC(C)(C)N1CC=C(C(C)(C)C(C)(C)C)CC1. The molecule has 0 aliphatic carbocycles. The van der Waals surface area contributed by atoms with Crippen LogP contribution in [0.3, 0.4) is 0 Å². The highest BCUT2D eigenvalue weighted by atomic mass is 15.2. The van der Waals surface area contributed by atoms with Gasteiger partial charge in [0.25, 0.3) is 0 Å². The van der Waals surface area contributed by atoms with Gasteiger partial charge >= 0.3 is 0 Å². The van der Waals surface area contributed by atoms with Gasteiger partial charge in [-0.3, -0.25) is 4.90 Å². The van der Waals surface area contributed by atoms with E-state index in [4.69, 9.17) is 0 Å². The molecule has 1 aliphatic rings. The highest BCUT2D eigenvalue weighted by Gasteiger charge is 2.37. The Kier molecular flexibility index (Phi) is 3.84. The van der Waals surface area contributed by atoms with Crippen LogP contribution in [0, 0.1) is 10.8 Å². The van der Waals surface area contributed by atoms with Crippen molar-refractivity contribution in [2.75, 3.05) is 13.1 Å². The lowest BCUT2D eigenvalue weighted by Crippen LogP contribution is -2.45. The lowest BCUT2D eigenvalue weighted by Gasteiger charge is -2.45. The van der Waals surface area contributed by atoms with Crippen LogP contribution in [0.5, 0.6) is 0 Å². The van der Waals surface area contributed by atoms with Crippen molar-refractivity contribution < 1.29 is 0 Å². The third kappa shape index (κ3) is 3.13. The second-order valence-corrected chi connectivity index (χ2v) is 7.97. The van der Waals surface area contributed by atoms with Crippen LogP contribution in [-0.2, 0) is 0 Å². The topological polar surface area (TPSA) is 3.24 Å². The van der Waals surface area contributed by atoms with Crippen molar-refractivity contribution in [3.05, 3.63) is 11.6 Å². The lowest BCUT2D eigenvalue weighted by atomic mass is 9.63. The van der Waals surface area contributed by atoms with Gasteiger partial charge in [0.1, 0.15) is 0 Å². The van der Waals surface area contributed by atoms with Gasteiger partial charge in [0.15, 0.2) is 0 Å². The Hall–Kier alpha value is -0.300. The standard InChI is InChI=1S/C16H31N/c1-14(2,3)16(7,8)13-9-11-17(12-10-13)15(4,5)6/h9H,10-12H2,1-8H3. The summed E-state index contributed by atoms with van der Waals surface area (Å²) in [6.45, 7) is 21.1. The van der Waals surface area contributed by atoms with Gasteiger partial charge in [0, 0.05) is 18.6 Å². The first-order valence-corrected chi connectivity index (χ1v) is 6.91. The molecule has 0 aromatic carbocycles. The van der Waals surface area contributed by atoms with Crippen molar-refractivity contribution >= 4 is 0 Å². The minimum atomic E-state index is 0.300. The smallest absolute Gasteiger partial charge is 0.0171 e. The van der Waals surface area contributed by atoms with Gasteiger partial charge in [0.2, 0.25) is 0 Å². The molecule has 1 heteroatoms. The Morgan fingerprint density at radius 2 is 1.47 bits per heavy atom. The summed E-state index contributed by atoms with van der Waals surface area (Å²) in [4.78, 5) is 2.56. The molecular formula is C16H31N. The van der Waals surface area contributed by atoms with Crippen molar-refractivity contribution in [1.29, 1.82) is 0 Å². The first-order chi connectivity index (χ1) is 7.46. The first-order valence-electron chi connectivity index (χ1n) is 6.91. The largest absolute Gasteiger partial charge is 0.295 e. The molecule has 100 valence electrons. The van der Waals surface area contributed by atoms with Crippen molar-refractivity contribution in [3.8, 4) is 0 Å². The Morgan fingerprint density at radius 3 is 1.76 bits per heavy atom. The lowest BCUT2D eigenvalue weighted by molar-refractivity contribution is 0.123. The number of hydrogen-bond donors (Lipinski definition) is 0. The minimum absolute atomic E-state index is 0.300. The Balaban J connectivity index is 2.83. The van der Waals surface area contributed by atoms with Crippen LogP contribution in [0.15, 0.2) is 11.6 Å². The summed E-state index contributed by atoms with van der Waals surface area (Å²) in [7, 11) is 0. The highest BCUT2D eigenvalue weighted by molar-refractivity contribution is 5.19. The Bertz CT molecular complexity index is 296. The van der Waals surface area contributed by atoms with Gasteiger partial charge in [-0.25, -0.2) is 0 Å². The fraction of sp³-hybridized carbons (Fsp3) is 0.875. The van der Waals surface area contributed by atoms with Gasteiger partial charge in [0.05, 0.1) is 0 Å². The summed E-state index contributed by atoms with van der Waals surface area (Å²) in [5.41, 5.74) is 2.58. The fourth-order valence-electron chi connectivity index (χ4n) is 2.33. The molecule has 0 unspecified atom stereocenters. The van der Waals surface area contributed by atoms with Gasteiger partial charge in [-0.1, -0.05) is 46.3 Å². The molecule has 0 amide bonds. The quantitative estimate of drug-likeness (QED) is 0.607. The summed E-state index contributed by atoms with van der Waals surface area (Å²) in [6.07, 6.45) is 3.70. The van der Waals surface area contributed by atoms with E-state index < -0.39 is 0 Å². The Labute approximate surface area is 108 Å². The summed E-state index contributed by atoms with van der Waals surface area (Å²) >= 11 is 0. The molecule has 0 atom stereocenters. The third-order valence-electron chi connectivity index (χ3n) is 4.84. The monoisotopic (exact) mass is 237 g/mol. The van der Waals surface area contributed by atoms with Gasteiger partial charge in [-0.05, 0) is 38.0 Å². The van der Waals surface area contributed by atoms with Crippen LogP contribution in [0.25, 0.3) is 0 Å². The van der Waals surface area contributed by atoms with E-state index in [1.165, 1.54) is 13.0 Å². The van der Waals surface area contributed by atoms with E-state index in [1.807, 2.05) is 0 Å². The normalized spacial score (nSPS) is 20.4. The predicted octanol–water partition coefficient (Wildman–Crippen LogP) is 4.49. The fourth-order valence-corrected chi connectivity index (χ4v) is 2.33. The molecule has 0 spiro atoms. The van der Waals surface area contributed by atoms with Crippen LogP contribution in [-0.4, -0.2) is 23.5 Å². The zero-order valence-electron chi connectivity index (χ0n) is 13.1. The number of hydrogen-bond acceptors (Lipinski definition) is 1. The summed E-state index contributed by atoms with van der Waals surface area (Å²) in [5.74, 6) is 0. The van der Waals surface area contributed by atoms with Crippen LogP contribution >= 0.6 is 0 Å². The van der Waals surface area contributed by atoms with Crippen LogP contribution < -0.4 is 0 Å². The second-order valence-electron chi connectivity index (χ2n) is 7.97. The molecule has 17 heavy (non-hydrogen) atoms. The first kappa shape index (κ1) is 14.8. The predicted molar refractivity (Wildman–Crippen MR) is 77.3 cm³/mol. The molecule has 1 nitrogen and oxygen atoms in total. The van der Waals surface area contributed by atoms with Crippen molar-refractivity contribution in [2.45, 2.75) is 67.3 Å². The van der Waals surface area contributed by atoms with Crippen molar-refractivity contribution in [2.24, 2.45) is 10.8 Å². The maximum atomic E-state index is 2.56. The molecule has 0 aromatic heterocycles.